The van der Waals surface area contributed by atoms with Gasteiger partial charge in [-0.3, -0.25) is 19.1 Å². The molecule has 1 fully saturated rings. The van der Waals surface area contributed by atoms with Crippen molar-refractivity contribution < 1.29 is 19.0 Å². The van der Waals surface area contributed by atoms with E-state index >= 15 is 0 Å². The van der Waals surface area contributed by atoms with E-state index in [1.807, 2.05) is 0 Å². The van der Waals surface area contributed by atoms with Gasteiger partial charge in [-0.1, -0.05) is 19.1 Å². The normalized spacial score (nSPS) is 22.0. The number of aliphatic hydroxyl groups excluding tert-OH is 1. The first kappa shape index (κ1) is 19.0. The largest absolute Gasteiger partial charge is 0.390 e. The zero-order chi connectivity index (χ0) is 19.6. The molecule has 3 rings (SSSR count). The average Bonchev–Trinajstić information content (AvgIpc) is 3.00. The number of aliphatic hydroxyl groups is 1. The molecule has 0 bridgehead atoms. The molecule has 0 saturated carbocycles. The Labute approximate surface area is 153 Å². The molecule has 144 valence electrons. The first-order chi connectivity index (χ1) is 12.9. The smallest absolute Gasteiger partial charge is 0.330 e. The van der Waals surface area contributed by atoms with Gasteiger partial charge in [0.05, 0.1) is 11.7 Å². The van der Waals surface area contributed by atoms with Gasteiger partial charge in [0.15, 0.2) is 0 Å². The Bertz CT molecular complexity index is 954. The highest BCUT2D eigenvalue weighted by atomic mass is 19.1. The Kier molecular flexibility index (Phi) is 5.52. The van der Waals surface area contributed by atoms with Crippen LogP contribution in [0.15, 0.2) is 40.1 Å². The van der Waals surface area contributed by atoms with Crippen molar-refractivity contribution in [2.75, 3.05) is 6.54 Å². The highest BCUT2D eigenvalue weighted by molar-refractivity contribution is 5.94. The highest BCUT2D eigenvalue weighted by Crippen LogP contribution is 2.27. The summed E-state index contributed by atoms with van der Waals surface area (Å²) in [5.74, 6) is -1.27. The van der Waals surface area contributed by atoms with Crippen LogP contribution in [-0.2, 0) is 11.2 Å². The van der Waals surface area contributed by atoms with Crippen LogP contribution in [0.5, 0.6) is 0 Å². The predicted molar refractivity (Wildman–Crippen MR) is 94.0 cm³/mol. The van der Waals surface area contributed by atoms with Crippen LogP contribution in [0.2, 0.25) is 0 Å². The van der Waals surface area contributed by atoms with E-state index in [-0.39, 0.29) is 18.5 Å². The van der Waals surface area contributed by atoms with Crippen LogP contribution in [0, 0.1) is 5.82 Å². The van der Waals surface area contributed by atoms with Crippen molar-refractivity contribution in [1.82, 2.24) is 14.9 Å². The molecule has 0 aliphatic carbocycles. The van der Waals surface area contributed by atoms with Crippen molar-refractivity contribution in [2.24, 2.45) is 0 Å². The lowest BCUT2D eigenvalue weighted by Crippen LogP contribution is -2.37. The molecule has 3 atom stereocenters. The molecule has 1 aliphatic heterocycles. The van der Waals surface area contributed by atoms with Crippen LogP contribution in [0.25, 0.3) is 0 Å². The lowest BCUT2D eigenvalue weighted by molar-refractivity contribution is -0.0187. The van der Waals surface area contributed by atoms with E-state index in [9.17, 15) is 23.9 Å². The molecule has 1 aromatic carbocycles. The van der Waals surface area contributed by atoms with Crippen LogP contribution in [0.4, 0.5) is 4.39 Å². The molecule has 2 aromatic rings. The van der Waals surface area contributed by atoms with E-state index in [0.29, 0.717) is 12.0 Å². The van der Waals surface area contributed by atoms with Gasteiger partial charge in [-0.2, -0.15) is 0 Å². The number of H-pyrrole nitrogens is 1. The minimum absolute atomic E-state index is 0.0520. The summed E-state index contributed by atoms with van der Waals surface area (Å²) in [6.07, 6.45) is -0.499. The number of aromatic amines is 1. The number of benzene rings is 1. The first-order valence-corrected chi connectivity index (χ1v) is 8.61. The van der Waals surface area contributed by atoms with Gasteiger partial charge in [0.25, 0.3) is 11.5 Å². The van der Waals surface area contributed by atoms with E-state index in [4.69, 9.17) is 4.74 Å². The van der Waals surface area contributed by atoms with Crippen molar-refractivity contribution in [3.8, 4) is 0 Å². The molecule has 9 heteroatoms. The molecule has 0 radical (unpaired) electrons. The van der Waals surface area contributed by atoms with Gasteiger partial charge in [-0.25, -0.2) is 9.18 Å². The summed E-state index contributed by atoms with van der Waals surface area (Å²) in [6, 6.07) is 5.56. The van der Waals surface area contributed by atoms with Crippen molar-refractivity contribution in [1.29, 1.82) is 0 Å². The third kappa shape index (κ3) is 3.99. The lowest BCUT2D eigenvalue weighted by Gasteiger charge is -2.17. The minimum Gasteiger partial charge on any atom is -0.390 e. The predicted octanol–water partition coefficient (Wildman–Crippen LogP) is 0.317. The number of nitrogens with zero attached hydrogens (tertiary/aromatic N) is 1. The highest BCUT2D eigenvalue weighted by Gasteiger charge is 2.35. The zero-order valence-corrected chi connectivity index (χ0v) is 14.6. The quantitative estimate of drug-likeness (QED) is 0.694. The van der Waals surface area contributed by atoms with Gasteiger partial charge in [0.2, 0.25) is 0 Å². The number of aryl methyl sites for hydroxylation is 1. The first-order valence-electron chi connectivity index (χ1n) is 8.61. The minimum atomic E-state index is -0.931. The van der Waals surface area contributed by atoms with E-state index in [2.05, 4.69) is 10.3 Å². The van der Waals surface area contributed by atoms with Crippen LogP contribution in [0.1, 0.15) is 35.5 Å². The maximum atomic E-state index is 13.6. The number of carbonyl (C=O) groups excluding carboxylic acids is 1. The number of ether oxygens (including phenoxy) is 1. The van der Waals surface area contributed by atoms with Gasteiger partial charge < -0.3 is 15.2 Å². The summed E-state index contributed by atoms with van der Waals surface area (Å²) < 4.78 is 20.5. The average molecular weight is 377 g/mol. The Hall–Kier alpha value is -2.78. The number of halogens is 1. The fourth-order valence-electron chi connectivity index (χ4n) is 3.00. The number of hydrogen-bond acceptors (Lipinski definition) is 5. The second kappa shape index (κ2) is 7.85. The van der Waals surface area contributed by atoms with Crippen LogP contribution in [-0.4, -0.2) is 39.3 Å². The number of amides is 1. The van der Waals surface area contributed by atoms with Gasteiger partial charge >= 0.3 is 5.69 Å². The van der Waals surface area contributed by atoms with Crippen molar-refractivity contribution in [3.05, 3.63) is 68.2 Å². The molecule has 2 heterocycles. The Morgan fingerprint density at radius 2 is 2.15 bits per heavy atom. The topological polar surface area (TPSA) is 113 Å². The molecule has 0 spiro atoms. The summed E-state index contributed by atoms with van der Waals surface area (Å²) in [5, 5.41) is 12.7. The Morgan fingerprint density at radius 3 is 2.85 bits per heavy atom. The summed E-state index contributed by atoms with van der Waals surface area (Å²) in [6.45, 7) is 1.73. The van der Waals surface area contributed by atoms with Crippen LogP contribution in [0.3, 0.4) is 0 Å². The fraction of sp³-hybridized carbons (Fsp3) is 0.389. The van der Waals surface area contributed by atoms with E-state index < -0.39 is 41.4 Å². The molecule has 1 aliphatic rings. The van der Waals surface area contributed by atoms with Crippen LogP contribution >= 0.6 is 0 Å². The SMILES string of the molecule is CCc1cn([C@H]2C[C@H](O)[C@@H](CNC(=O)c3ccccc3F)O2)c(=O)[nH]c1=O. The molecule has 0 unspecified atom stereocenters. The van der Waals surface area contributed by atoms with E-state index in [1.165, 1.54) is 29.0 Å². The maximum Gasteiger partial charge on any atom is 0.330 e. The monoisotopic (exact) mass is 377 g/mol. The lowest BCUT2D eigenvalue weighted by atomic mass is 10.1. The molecule has 1 saturated heterocycles. The number of nitrogens with one attached hydrogen (secondary N) is 2. The summed E-state index contributed by atoms with van der Waals surface area (Å²) in [5.41, 5.74) is -0.772. The molecule has 3 N–H and O–H groups in total. The third-order valence-electron chi connectivity index (χ3n) is 4.52. The Balaban J connectivity index is 1.69. The van der Waals surface area contributed by atoms with Gasteiger partial charge in [0, 0.05) is 24.7 Å². The van der Waals surface area contributed by atoms with Crippen LogP contribution < -0.4 is 16.6 Å². The molecule has 8 nitrogen and oxygen atoms in total. The van der Waals surface area contributed by atoms with E-state index in [0.717, 1.165) is 0 Å². The standard InChI is InChI=1S/C18H20FN3O5/c1-2-10-9-22(18(26)21-16(10)24)15-7-13(23)14(27-15)8-20-17(25)11-5-3-4-6-12(11)19/h3-6,9,13-15,23H,2,7-8H2,1H3,(H,20,25)(H,21,24,26)/t13-,14+,15+/m0/s1. The molecule has 1 amide bonds. The number of hydrogen-bond donors (Lipinski definition) is 3. The third-order valence-corrected chi connectivity index (χ3v) is 4.52. The number of rotatable bonds is 5. The second-order valence-electron chi connectivity index (χ2n) is 6.30. The van der Waals surface area contributed by atoms with Gasteiger partial charge in [0.1, 0.15) is 18.1 Å². The molecule has 1 aromatic heterocycles. The summed E-state index contributed by atoms with van der Waals surface area (Å²) >= 11 is 0. The fourth-order valence-corrected chi connectivity index (χ4v) is 3.00. The molecular weight excluding hydrogens is 357 g/mol. The summed E-state index contributed by atoms with van der Waals surface area (Å²) in [4.78, 5) is 38.0. The molecular formula is C18H20FN3O5. The van der Waals surface area contributed by atoms with Crippen molar-refractivity contribution in [2.45, 2.75) is 38.2 Å². The number of aromatic nitrogens is 2. The van der Waals surface area contributed by atoms with Crippen molar-refractivity contribution >= 4 is 5.91 Å². The summed E-state index contributed by atoms with van der Waals surface area (Å²) in [7, 11) is 0. The zero-order valence-electron chi connectivity index (χ0n) is 14.6. The second-order valence-corrected chi connectivity index (χ2v) is 6.30. The number of carbonyl (C=O) groups is 1. The molecule has 27 heavy (non-hydrogen) atoms. The Morgan fingerprint density at radius 1 is 1.41 bits per heavy atom. The van der Waals surface area contributed by atoms with E-state index in [1.54, 1.807) is 13.0 Å². The maximum absolute atomic E-state index is 13.6. The van der Waals surface area contributed by atoms with Gasteiger partial charge in [-0.05, 0) is 18.6 Å². The van der Waals surface area contributed by atoms with Crippen molar-refractivity contribution in [3.63, 3.8) is 0 Å². The van der Waals surface area contributed by atoms with Gasteiger partial charge in [-0.15, -0.1) is 0 Å².